The van der Waals surface area contributed by atoms with Crippen molar-refractivity contribution < 1.29 is 23.9 Å². The smallest absolute Gasteiger partial charge is 0.306 e. The number of ketones is 1. The molecule has 0 bridgehead atoms. The van der Waals surface area contributed by atoms with Crippen LogP contribution in [0, 0.1) is 0 Å². The average molecular weight is 383 g/mol. The third-order valence-corrected chi connectivity index (χ3v) is 4.11. The van der Waals surface area contributed by atoms with Crippen LogP contribution in [-0.4, -0.2) is 31.4 Å². The predicted octanol–water partition coefficient (Wildman–Crippen LogP) is 3.79. The molecular weight excluding hydrogens is 358 g/mol. The van der Waals surface area contributed by atoms with Crippen LogP contribution in [0.1, 0.15) is 42.1 Å². The van der Waals surface area contributed by atoms with E-state index in [0.717, 1.165) is 12.8 Å². The first-order chi connectivity index (χ1) is 13.5. The molecule has 0 aliphatic rings. The second-order valence-corrected chi connectivity index (χ2v) is 6.31. The van der Waals surface area contributed by atoms with Gasteiger partial charge >= 0.3 is 5.97 Å². The number of carbonyl (C=O) groups excluding carboxylic acids is 3. The van der Waals surface area contributed by atoms with Crippen molar-refractivity contribution in [1.29, 1.82) is 0 Å². The molecule has 6 nitrogen and oxygen atoms in total. The van der Waals surface area contributed by atoms with Crippen molar-refractivity contribution in [2.45, 2.75) is 32.6 Å². The molecule has 2 aromatic carbocycles. The van der Waals surface area contributed by atoms with Crippen LogP contribution in [0.4, 0.5) is 5.69 Å². The summed E-state index contributed by atoms with van der Waals surface area (Å²) in [5, 5.41) is 2.62. The van der Waals surface area contributed by atoms with Gasteiger partial charge in [0.15, 0.2) is 12.4 Å². The van der Waals surface area contributed by atoms with Gasteiger partial charge in [-0.05, 0) is 36.2 Å². The quantitative estimate of drug-likeness (QED) is 0.499. The number of esters is 1. The van der Waals surface area contributed by atoms with Crippen molar-refractivity contribution in [1.82, 2.24) is 0 Å². The highest BCUT2D eigenvalue weighted by atomic mass is 16.5. The Bertz CT molecular complexity index is 797. The number of methoxy groups -OCH3 is 1. The van der Waals surface area contributed by atoms with Crippen LogP contribution >= 0.6 is 0 Å². The summed E-state index contributed by atoms with van der Waals surface area (Å²) in [5.74, 6) is -0.478. The van der Waals surface area contributed by atoms with Crippen LogP contribution in [0.3, 0.4) is 0 Å². The van der Waals surface area contributed by atoms with Crippen molar-refractivity contribution >= 4 is 23.3 Å². The van der Waals surface area contributed by atoms with Gasteiger partial charge in [-0.15, -0.1) is 0 Å². The van der Waals surface area contributed by atoms with Crippen molar-refractivity contribution in [2.24, 2.45) is 0 Å². The summed E-state index contributed by atoms with van der Waals surface area (Å²) in [6, 6.07) is 14.2. The summed E-state index contributed by atoms with van der Waals surface area (Å²) < 4.78 is 9.97. The van der Waals surface area contributed by atoms with E-state index in [9.17, 15) is 14.4 Å². The minimum absolute atomic E-state index is 0.0477. The molecule has 2 rings (SSSR count). The molecule has 0 aliphatic carbocycles. The third kappa shape index (κ3) is 6.87. The van der Waals surface area contributed by atoms with Gasteiger partial charge in [-0.25, -0.2) is 0 Å². The first-order valence-corrected chi connectivity index (χ1v) is 9.23. The predicted molar refractivity (Wildman–Crippen MR) is 107 cm³/mol. The lowest BCUT2D eigenvalue weighted by atomic mass is 10.0. The molecule has 0 saturated heterocycles. The number of benzene rings is 2. The van der Waals surface area contributed by atoms with Crippen LogP contribution in [0.15, 0.2) is 48.5 Å². The number of anilines is 1. The molecule has 148 valence electrons. The molecule has 2 aromatic rings. The van der Waals surface area contributed by atoms with E-state index in [2.05, 4.69) is 12.2 Å². The highest BCUT2D eigenvalue weighted by Gasteiger charge is 2.12. The number of rotatable bonds is 10. The van der Waals surface area contributed by atoms with E-state index in [0.29, 0.717) is 17.0 Å². The maximum Gasteiger partial charge on any atom is 0.306 e. The number of hydrogen-bond donors (Lipinski definition) is 1. The standard InChI is InChI=1S/C22H25NO5/c1-3-4-16-5-7-17(8-6-16)20(24)13-14-22(26)28-15-21(25)23-18-9-11-19(27-2)12-10-18/h5-12H,3-4,13-15H2,1-2H3,(H,23,25). The van der Waals surface area contributed by atoms with E-state index in [1.807, 2.05) is 12.1 Å². The minimum Gasteiger partial charge on any atom is -0.497 e. The maximum atomic E-state index is 12.2. The lowest BCUT2D eigenvalue weighted by molar-refractivity contribution is -0.147. The third-order valence-electron chi connectivity index (χ3n) is 4.11. The molecule has 0 unspecified atom stereocenters. The fourth-order valence-corrected chi connectivity index (χ4v) is 2.60. The number of amides is 1. The lowest BCUT2D eigenvalue weighted by Crippen LogP contribution is -2.21. The Labute approximate surface area is 164 Å². The fourth-order valence-electron chi connectivity index (χ4n) is 2.60. The molecular formula is C22H25NO5. The maximum absolute atomic E-state index is 12.2. The largest absolute Gasteiger partial charge is 0.497 e. The highest BCUT2D eigenvalue weighted by molar-refractivity contribution is 5.98. The van der Waals surface area contributed by atoms with Crippen molar-refractivity contribution in [3.63, 3.8) is 0 Å². The molecule has 0 atom stereocenters. The van der Waals surface area contributed by atoms with E-state index in [4.69, 9.17) is 9.47 Å². The normalized spacial score (nSPS) is 10.2. The molecule has 0 spiro atoms. The van der Waals surface area contributed by atoms with Gasteiger partial charge in [-0.1, -0.05) is 37.6 Å². The Hall–Kier alpha value is -3.15. The van der Waals surface area contributed by atoms with Crippen molar-refractivity contribution in [2.75, 3.05) is 19.0 Å². The SMILES string of the molecule is CCCc1ccc(C(=O)CCC(=O)OCC(=O)Nc2ccc(OC)cc2)cc1. The fraction of sp³-hybridized carbons (Fsp3) is 0.318. The molecule has 0 fully saturated rings. The summed E-state index contributed by atoms with van der Waals surface area (Å²) in [4.78, 5) is 35.8. The monoisotopic (exact) mass is 383 g/mol. The summed E-state index contributed by atoms with van der Waals surface area (Å²) in [6.07, 6.45) is 2.00. The topological polar surface area (TPSA) is 81.7 Å². The number of nitrogens with one attached hydrogen (secondary N) is 1. The molecule has 0 radical (unpaired) electrons. The van der Waals surface area contributed by atoms with Gasteiger partial charge in [0.25, 0.3) is 5.91 Å². The van der Waals surface area contributed by atoms with E-state index in [-0.39, 0.29) is 18.6 Å². The van der Waals surface area contributed by atoms with Gasteiger partial charge in [0.1, 0.15) is 5.75 Å². The molecule has 6 heteroatoms. The average Bonchev–Trinajstić information content (AvgIpc) is 2.72. The molecule has 0 aromatic heterocycles. The Kier molecular flexibility index (Phi) is 8.21. The summed E-state index contributed by atoms with van der Waals surface area (Å²) >= 11 is 0. The van der Waals surface area contributed by atoms with Crippen molar-refractivity contribution in [3.8, 4) is 5.75 Å². The second-order valence-electron chi connectivity index (χ2n) is 6.31. The van der Waals surface area contributed by atoms with Gasteiger partial charge in [-0.2, -0.15) is 0 Å². The Balaban J connectivity index is 1.71. The van der Waals surface area contributed by atoms with Gasteiger partial charge < -0.3 is 14.8 Å². The molecule has 0 saturated carbocycles. The first-order valence-electron chi connectivity index (χ1n) is 9.23. The molecule has 0 aliphatic heterocycles. The number of aryl methyl sites for hydroxylation is 1. The summed E-state index contributed by atoms with van der Waals surface area (Å²) in [5.41, 5.74) is 2.33. The lowest BCUT2D eigenvalue weighted by Gasteiger charge is -2.07. The number of carbonyl (C=O) groups is 3. The Morgan fingerprint density at radius 3 is 2.21 bits per heavy atom. The molecule has 1 amide bonds. The Morgan fingerprint density at radius 2 is 1.61 bits per heavy atom. The van der Waals surface area contributed by atoms with Gasteiger partial charge in [0.05, 0.1) is 13.5 Å². The van der Waals surface area contributed by atoms with Crippen molar-refractivity contribution in [3.05, 3.63) is 59.7 Å². The zero-order valence-corrected chi connectivity index (χ0v) is 16.2. The number of hydrogen-bond acceptors (Lipinski definition) is 5. The van der Waals surface area contributed by atoms with E-state index < -0.39 is 18.5 Å². The zero-order valence-electron chi connectivity index (χ0n) is 16.2. The minimum atomic E-state index is -0.583. The second kappa shape index (κ2) is 10.9. The van der Waals surface area contributed by atoms with Crippen LogP contribution in [0.2, 0.25) is 0 Å². The van der Waals surface area contributed by atoms with Gasteiger partial charge in [0.2, 0.25) is 0 Å². The number of ether oxygens (including phenoxy) is 2. The first kappa shape index (κ1) is 21.2. The van der Waals surface area contributed by atoms with Gasteiger partial charge in [-0.3, -0.25) is 14.4 Å². The highest BCUT2D eigenvalue weighted by Crippen LogP contribution is 2.15. The zero-order chi connectivity index (χ0) is 20.4. The Morgan fingerprint density at radius 1 is 0.929 bits per heavy atom. The van der Waals surface area contributed by atoms with Crippen LogP contribution < -0.4 is 10.1 Å². The number of Topliss-reactive ketones (excluding diaryl/α,β-unsaturated/α-hetero) is 1. The van der Waals surface area contributed by atoms with Crippen LogP contribution in [0.5, 0.6) is 5.75 Å². The molecule has 1 N–H and O–H groups in total. The molecule has 0 heterocycles. The summed E-state index contributed by atoms with van der Waals surface area (Å²) in [6.45, 7) is 1.70. The van der Waals surface area contributed by atoms with Crippen LogP contribution in [-0.2, 0) is 20.7 Å². The van der Waals surface area contributed by atoms with E-state index >= 15 is 0 Å². The van der Waals surface area contributed by atoms with E-state index in [1.54, 1.807) is 43.5 Å². The van der Waals surface area contributed by atoms with E-state index in [1.165, 1.54) is 5.56 Å². The summed E-state index contributed by atoms with van der Waals surface area (Å²) in [7, 11) is 1.55. The molecule has 28 heavy (non-hydrogen) atoms. The van der Waals surface area contributed by atoms with Crippen LogP contribution in [0.25, 0.3) is 0 Å². The van der Waals surface area contributed by atoms with Gasteiger partial charge in [0, 0.05) is 17.7 Å².